The molecule has 0 radical (unpaired) electrons. The lowest BCUT2D eigenvalue weighted by Gasteiger charge is -2.26. The number of furan rings is 1. The Morgan fingerprint density at radius 1 is 0.806 bits per heavy atom. The fraction of sp³-hybridized carbons (Fsp3) is 0.241. The van der Waals surface area contributed by atoms with Gasteiger partial charge in [-0.25, -0.2) is 0 Å². The van der Waals surface area contributed by atoms with Crippen LogP contribution in [0.2, 0.25) is 0 Å². The van der Waals surface area contributed by atoms with Crippen LogP contribution >= 0.6 is 0 Å². The van der Waals surface area contributed by atoms with Crippen LogP contribution in [0.5, 0.6) is 0 Å². The van der Waals surface area contributed by atoms with E-state index in [0.717, 1.165) is 55.9 Å². The average Bonchev–Trinajstić information content (AvgIpc) is 3.35. The van der Waals surface area contributed by atoms with E-state index in [0.29, 0.717) is 11.3 Å². The maximum Gasteiger partial charge on any atom is 0.291 e. The van der Waals surface area contributed by atoms with E-state index in [1.807, 2.05) is 48.5 Å². The van der Waals surface area contributed by atoms with E-state index >= 15 is 0 Å². The minimum atomic E-state index is -0.315. The van der Waals surface area contributed by atoms with Gasteiger partial charge < -0.3 is 19.8 Å². The second kappa shape index (κ2) is 11.2. The number of hydrogen-bond acceptors (Lipinski definition) is 5. The SMILES string of the molecule is O=C(Cc1ccc(NC(=O)c2cc3ccccc3o2)cc1)Nc1ccc(CCN2CCOCC2)cc1. The van der Waals surface area contributed by atoms with Crippen LogP contribution in [0, 0.1) is 0 Å². The number of rotatable bonds is 8. The predicted octanol–water partition coefficient (Wildman–Crippen LogP) is 4.74. The average molecular weight is 484 g/mol. The van der Waals surface area contributed by atoms with Gasteiger partial charge >= 0.3 is 0 Å². The van der Waals surface area contributed by atoms with E-state index in [9.17, 15) is 9.59 Å². The molecule has 184 valence electrons. The quantitative estimate of drug-likeness (QED) is 0.378. The van der Waals surface area contributed by atoms with Crippen molar-refractivity contribution in [1.82, 2.24) is 4.90 Å². The molecule has 0 spiro atoms. The summed E-state index contributed by atoms with van der Waals surface area (Å²) in [4.78, 5) is 27.5. The molecule has 1 aromatic heterocycles. The van der Waals surface area contributed by atoms with Gasteiger partial charge in [0.25, 0.3) is 5.91 Å². The van der Waals surface area contributed by atoms with Crippen molar-refractivity contribution in [1.29, 1.82) is 0 Å². The molecule has 2 heterocycles. The van der Waals surface area contributed by atoms with Gasteiger partial charge in [-0.05, 0) is 53.9 Å². The normalized spacial score (nSPS) is 14.0. The van der Waals surface area contributed by atoms with Gasteiger partial charge in [-0.15, -0.1) is 0 Å². The van der Waals surface area contributed by atoms with Gasteiger partial charge in [0.1, 0.15) is 5.58 Å². The number of benzene rings is 3. The van der Waals surface area contributed by atoms with E-state index in [1.54, 1.807) is 18.2 Å². The smallest absolute Gasteiger partial charge is 0.291 e. The molecule has 4 aromatic rings. The molecule has 5 rings (SSSR count). The highest BCUT2D eigenvalue weighted by Gasteiger charge is 2.13. The van der Waals surface area contributed by atoms with Gasteiger partial charge in [0.15, 0.2) is 5.76 Å². The molecule has 3 aromatic carbocycles. The maximum absolute atomic E-state index is 12.5. The lowest BCUT2D eigenvalue weighted by molar-refractivity contribution is -0.115. The topological polar surface area (TPSA) is 83.8 Å². The van der Waals surface area contributed by atoms with Gasteiger partial charge in [-0.3, -0.25) is 14.5 Å². The number of para-hydroxylation sites is 1. The van der Waals surface area contributed by atoms with Crippen molar-refractivity contribution in [2.24, 2.45) is 0 Å². The molecule has 0 bridgehead atoms. The zero-order chi connectivity index (χ0) is 24.7. The lowest BCUT2D eigenvalue weighted by Crippen LogP contribution is -2.37. The molecule has 0 saturated carbocycles. The monoisotopic (exact) mass is 483 g/mol. The molecule has 0 atom stereocenters. The van der Waals surface area contributed by atoms with Crippen LogP contribution in [0.15, 0.2) is 83.3 Å². The van der Waals surface area contributed by atoms with Crippen LogP contribution in [-0.2, 0) is 22.4 Å². The second-order valence-electron chi connectivity index (χ2n) is 8.93. The summed E-state index contributed by atoms with van der Waals surface area (Å²) < 4.78 is 11.0. The van der Waals surface area contributed by atoms with Gasteiger partial charge in [-0.2, -0.15) is 0 Å². The Hall–Kier alpha value is -3.94. The molecular weight excluding hydrogens is 454 g/mol. The predicted molar refractivity (Wildman–Crippen MR) is 140 cm³/mol. The van der Waals surface area contributed by atoms with Gasteiger partial charge in [0, 0.05) is 36.4 Å². The molecular formula is C29H29N3O4. The Balaban J connectivity index is 1.09. The van der Waals surface area contributed by atoms with Gasteiger partial charge in [-0.1, -0.05) is 42.5 Å². The number of nitrogens with zero attached hydrogens (tertiary/aromatic N) is 1. The van der Waals surface area contributed by atoms with Crippen LogP contribution in [0.3, 0.4) is 0 Å². The number of ether oxygens (including phenoxy) is 1. The number of fused-ring (bicyclic) bond motifs is 1. The Morgan fingerprint density at radius 3 is 2.19 bits per heavy atom. The van der Waals surface area contributed by atoms with E-state index in [-0.39, 0.29) is 24.0 Å². The Labute approximate surface area is 210 Å². The molecule has 2 N–H and O–H groups in total. The molecule has 7 nitrogen and oxygen atoms in total. The Kier molecular flexibility index (Phi) is 7.40. The van der Waals surface area contributed by atoms with Gasteiger partial charge in [0.05, 0.1) is 19.6 Å². The molecule has 1 aliphatic heterocycles. The van der Waals surface area contributed by atoms with Crippen LogP contribution in [0.1, 0.15) is 21.7 Å². The number of anilines is 2. The third kappa shape index (κ3) is 6.19. The van der Waals surface area contributed by atoms with Crippen LogP contribution in [-0.4, -0.2) is 49.6 Å². The van der Waals surface area contributed by atoms with Crippen LogP contribution in [0.25, 0.3) is 11.0 Å². The Morgan fingerprint density at radius 2 is 1.47 bits per heavy atom. The fourth-order valence-electron chi connectivity index (χ4n) is 4.25. The van der Waals surface area contributed by atoms with Crippen LogP contribution < -0.4 is 10.6 Å². The van der Waals surface area contributed by atoms with E-state index in [4.69, 9.17) is 9.15 Å². The minimum absolute atomic E-state index is 0.0878. The lowest BCUT2D eigenvalue weighted by atomic mass is 10.1. The third-order valence-electron chi connectivity index (χ3n) is 6.28. The number of morpholine rings is 1. The first-order valence-corrected chi connectivity index (χ1v) is 12.2. The van der Waals surface area contributed by atoms with Crippen molar-refractivity contribution in [3.8, 4) is 0 Å². The highest BCUT2D eigenvalue weighted by molar-refractivity contribution is 6.04. The highest BCUT2D eigenvalue weighted by Crippen LogP contribution is 2.20. The van der Waals surface area contributed by atoms with Crippen molar-refractivity contribution in [3.63, 3.8) is 0 Å². The first-order chi connectivity index (χ1) is 17.6. The molecule has 0 unspecified atom stereocenters. The summed E-state index contributed by atoms with van der Waals surface area (Å²) in [5.41, 5.74) is 4.20. The largest absolute Gasteiger partial charge is 0.451 e. The van der Waals surface area contributed by atoms with Gasteiger partial charge in [0.2, 0.25) is 5.91 Å². The molecule has 1 saturated heterocycles. The molecule has 7 heteroatoms. The number of nitrogens with one attached hydrogen (secondary N) is 2. The fourth-order valence-corrected chi connectivity index (χ4v) is 4.25. The summed E-state index contributed by atoms with van der Waals surface area (Å²) in [6.45, 7) is 4.62. The first kappa shape index (κ1) is 23.8. The minimum Gasteiger partial charge on any atom is -0.451 e. The molecule has 0 aliphatic carbocycles. The van der Waals surface area contributed by atoms with E-state index in [1.165, 1.54) is 5.56 Å². The molecule has 1 fully saturated rings. The maximum atomic E-state index is 12.5. The number of amides is 2. The number of carbonyl (C=O) groups excluding carboxylic acids is 2. The van der Waals surface area contributed by atoms with E-state index < -0.39 is 0 Å². The second-order valence-corrected chi connectivity index (χ2v) is 8.93. The molecule has 1 aliphatic rings. The van der Waals surface area contributed by atoms with Crippen molar-refractivity contribution in [3.05, 3.63) is 95.7 Å². The summed E-state index contributed by atoms with van der Waals surface area (Å²) in [5, 5.41) is 6.67. The Bertz CT molecular complexity index is 1290. The van der Waals surface area contributed by atoms with Crippen molar-refractivity contribution in [2.45, 2.75) is 12.8 Å². The molecule has 2 amide bonds. The summed E-state index contributed by atoms with van der Waals surface area (Å²) in [6.07, 6.45) is 1.23. The van der Waals surface area contributed by atoms with Crippen LogP contribution in [0.4, 0.5) is 11.4 Å². The van der Waals surface area contributed by atoms with E-state index in [2.05, 4.69) is 27.7 Å². The number of hydrogen-bond donors (Lipinski definition) is 2. The van der Waals surface area contributed by atoms with Crippen molar-refractivity contribution in [2.75, 3.05) is 43.5 Å². The molecule has 36 heavy (non-hydrogen) atoms. The first-order valence-electron chi connectivity index (χ1n) is 12.2. The summed E-state index contributed by atoms with van der Waals surface area (Å²) in [6, 6.07) is 24.5. The third-order valence-corrected chi connectivity index (χ3v) is 6.28. The highest BCUT2D eigenvalue weighted by atomic mass is 16.5. The summed E-state index contributed by atoms with van der Waals surface area (Å²) in [7, 11) is 0. The van der Waals surface area contributed by atoms with Crippen molar-refractivity contribution >= 4 is 34.2 Å². The summed E-state index contributed by atoms with van der Waals surface area (Å²) in [5.74, 6) is -0.146. The van der Waals surface area contributed by atoms with Crippen molar-refractivity contribution < 1.29 is 18.7 Å². The number of carbonyl (C=O) groups is 2. The zero-order valence-corrected chi connectivity index (χ0v) is 20.0. The standard InChI is InChI=1S/C29H29N3O4/c33-28(30-24-9-5-21(6-10-24)13-14-32-15-17-35-18-16-32)19-22-7-11-25(12-8-22)31-29(34)27-20-23-3-1-2-4-26(23)36-27/h1-12,20H,13-19H2,(H,30,33)(H,31,34). The summed E-state index contributed by atoms with van der Waals surface area (Å²) >= 11 is 0. The zero-order valence-electron chi connectivity index (χ0n) is 20.0.